The molecular weight excluding hydrogens is 425 g/mol. The largest absolute Gasteiger partial charge is 0.308 e. The molecule has 3 rings (SSSR count). The standard InChI is InChI=1S/C15H15Cl2NO4S3/c16-11-3-1-10(2-4-11)7-18-12-8-24(19,20)9-13(12)25(21,22)15-6-5-14(17)23-15/h1-6,12-13,18H,7-9H2/t12-,13-/m0/s1. The summed E-state index contributed by atoms with van der Waals surface area (Å²) in [5, 5.41) is 2.65. The number of nitrogens with one attached hydrogen (secondary N) is 1. The summed E-state index contributed by atoms with van der Waals surface area (Å²) < 4.78 is 50.2. The lowest BCUT2D eigenvalue weighted by Crippen LogP contribution is -2.42. The first kappa shape index (κ1) is 19.1. The second kappa shape index (κ2) is 7.17. The Morgan fingerprint density at radius 2 is 1.76 bits per heavy atom. The molecule has 10 heteroatoms. The van der Waals surface area contributed by atoms with Crippen molar-refractivity contribution >= 4 is 54.2 Å². The molecule has 1 fully saturated rings. The third-order valence-electron chi connectivity index (χ3n) is 4.01. The molecule has 2 atom stereocenters. The molecule has 25 heavy (non-hydrogen) atoms. The first-order valence-electron chi connectivity index (χ1n) is 7.35. The summed E-state index contributed by atoms with van der Waals surface area (Å²) in [7, 11) is -7.21. The molecule has 0 unspecified atom stereocenters. The van der Waals surface area contributed by atoms with Crippen LogP contribution in [-0.4, -0.2) is 39.6 Å². The topological polar surface area (TPSA) is 80.3 Å². The summed E-state index contributed by atoms with van der Waals surface area (Å²) >= 11 is 12.6. The quantitative estimate of drug-likeness (QED) is 0.774. The highest BCUT2D eigenvalue weighted by atomic mass is 35.5. The number of thiophene rings is 1. The lowest BCUT2D eigenvalue weighted by Gasteiger charge is -2.19. The third-order valence-corrected chi connectivity index (χ3v) is 10.2. The molecule has 0 amide bonds. The third kappa shape index (κ3) is 4.37. The van der Waals surface area contributed by atoms with Crippen molar-refractivity contribution in [2.24, 2.45) is 0 Å². The Hall–Kier alpha value is -0.640. The molecule has 0 bridgehead atoms. The molecule has 0 spiro atoms. The predicted octanol–water partition coefficient (Wildman–Crippen LogP) is 2.78. The smallest absolute Gasteiger partial charge is 0.193 e. The molecular formula is C15H15Cl2NO4S3. The molecule has 2 aromatic rings. The number of benzene rings is 1. The van der Waals surface area contributed by atoms with Crippen molar-refractivity contribution in [3.05, 3.63) is 51.3 Å². The Labute approximate surface area is 160 Å². The van der Waals surface area contributed by atoms with Gasteiger partial charge in [-0.1, -0.05) is 35.3 Å². The van der Waals surface area contributed by atoms with Crippen molar-refractivity contribution in [3.8, 4) is 0 Å². The highest BCUT2D eigenvalue weighted by Crippen LogP contribution is 2.32. The maximum atomic E-state index is 12.8. The first-order chi connectivity index (χ1) is 11.7. The molecule has 1 N–H and O–H groups in total. The Balaban J connectivity index is 1.82. The minimum atomic E-state index is -3.78. The Morgan fingerprint density at radius 1 is 1.08 bits per heavy atom. The van der Waals surface area contributed by atoms with Gasteiger partial charge < -0.3 is 5.32 Å². The van der Waals surface area contributed by atoms with Crippen LogP contribution in [0.25, 0.3) is 0 Å². The van der Waals surface area contributed by atoms with Gasteiger partial charge in [0.2, 0.25) is 0 Å². The van der Waals surface area contributed by atoms with Gasteiger partial charge >= 0.3 is 0 Å². The molecule has 5 nitrogen and oxygen atoms in total. The molecule has 1 aliphatic heterocycles. The van der Waals surface area contributed by atoms with E-state index in [1.807, 2.05) is 0 Å². The van der Waals surface area contributed by atoms with E-state index in [9.17, 15) is 16.8 Å². The maximum absolute atomic E-state index is 12.8. The zero-order valence-electron chi connectivity index (χ0n) is 12.9. The second-order valence-corrected chi connectivity index (χ2v) is 12.5. The van der Waals surface area contributed by atoms with Gasteiger partial charge in [0.15, 0.2) is 19.7 Å². The van der Waals surface area contributed by atoms with Crippen LogP contribution in [0.1, 0.15) is 5.56 Å². The summed E-state index contributed by atoms with van der Waals surface area (Å²) in [5.41, 5.74) is 0.893. The second-order valence-electron chi connectivity index (χ2n) is 5.83. The van der Waals surface area contributed by atoms with E-state index in [0.29, 0.717) is 15.9 Å². The molecule has 1 saturated heterocycles. The lowest BCUT2D eigenvalue weighted by atomic mass is 10.2. The van der Waals surface area contributed by atoms with Crippen LogP contribution in [0.2, 0.25) is 9.36 Å². The highest BCUT2D eigenvalue weighted by Gasteiger charge is 2.46. The van der Waals surface area contributed by atoms with Crippen LogP contribution in [0.4, 0.5) is 0 Å². The van der Waals surface area contributed by atoms with E-state index in [2.05, 4.69) is 5.32 Å². The van der Waals surface area contributed by atoms with Crippen molar-refractivity contribution in [2.75, 3.05) is 11.5 Å². The lowest BCUT2D eigenvalue weighted by molar-refractivity contribution is 0.527. The van der Waals surface area contributed by atoms with Gasteiger partial charge in [0.1, 0.15) is 4.21 Å². The molecule has 0 saturated carbocycles. The Morgan fingerprint density at radius 3 is 2.36 bits per heavy atom. The maximum Gasteiger partial charge on any atom is 0.193 e. The van der Waals surface area contributed by atoms with Crippen LogP contribution in [0.5, 0.6) is 0 Å². The van der Waals surface area contributed by atoms with E-state index < -0.39 is 31.0 Å². The van der Waals surface area contributed by atoms with Gasteiger partial charge in [0.05, 0.1) is 21.1 Å². The first-order valence-corrected chi connectivity index (χ1v) is 12.3. The van der Waals surface area contributed by atoms with Crippen LogP contribution in [0.15, 0.2) is 40.6 Å². The fourth-order valence-corrected chi connectivity index (χ4v) is 9.32. The van der Waals surface area contributed by atoms with E-state index in [1.165, 1.54) is 12.1 Å². The number of hydrogen-bond donors (Lipinski definition) is 1. The number of hydrogen-bond acceptors (Lipinski definition) is 6. The molecule has 2 heterocycles. The number of rotatable bonds is 5. The number of halogens is 2. The zero-order chi connectivity index (χ0) is 18.2. The van der Waals surface area contributed by atoms with Crippen LogP contribution < -0.4 is 5.32 Å². The molecule has 0 aliphatic carbocycles. The summed E-state index contributed by atoms with van der Waals surface area (Å²) in [6.07, 6.45) is 0. The highest BCUT2D eigenvalue weighted by molar-refractivity contribution is 7.97. The van der Waals surface area contributed by atoms with Crippen LogP contribution in [0.3, 0.4) is 0 Å². The summed E-state index contributed by atoms with van der Waals surface area (Å²) in [6.45, 7) is 0.356. The Kier molecular flexibility index (Phi) is 5.49. The van der Waals surface area contributed by atoms with E-state index >= 15 is 0 Å². The van der Waals surface area contributed by atoms with Crippen molar-refractivity contribution in [2.45, 2.75) is 22.0 Å². The average Bonchev–Trinajstić information content (AvgIpc) is 3.10. The summed E-state index contributed by atoms with van der Waals surface area (Å²) in [5.74, 6) is -0.591. The van der Waals surface area contributed by atoms with Crippen molar-refractivity contribution in [1.82, 2.24) is 5.32 Å². The van der Waals surface area contributed by atoms with Crippen LogP contribution >= 0.6 is 34.5 Å². The summed E-state index contributed by atoms with van der Waals surface area (Å²) in [6, 6.07) is 9.31. The molecule has 136 valence electrons. The predicted molar refractivity (Wildman–Crippen MR) is 101 cm³/mol. The van der Waals surface area contributed by atoms with Gasteiger partial charge in [-0.25, -0.2) is 16.8 Å². The van der Waals surface area contributed by atoms with Gasteiger partial charge in [0, 0.05) is 17.6 Å². The van der Waals surface area contributed by atoms with Gasteiger partial charge in [-0.15, -0.1) is 11.3 Å². The van der Waals surface area contributed by atoms with Gasteiger partial charge in [-0.05, 0) is 29.8 Å². The molecule has 0 radical (unpaired) electrons. The molecule has 1 aliphatic rings. The van der Waals surface area contributed by atoms with Gasteiger partial charge in [-0.3, -0.25) is 0 Å². The Bertz CT molecular complexity index is 968. The monoisotopic (exact) mass is 439 g/mol. The average molecular weight is 440 g/mol. The van der Waals surface area contributed by atoms with Crippen LogP contribution in [-0.2, 0) is 26.2 Å². The molecule has 1 aromatic carbocycles. The van der Waals surface area contributed by atoms with E-state index in [4.69, 9.17) is 23.2 Å². The van der Waals surface area contributed by atoms with E-state index in [1.54, 1.807) is 24.3 Å². The van der Waals surface area contributed by atoms with Crippen LogP contribution in [0, 0.1) is 0 Å². The normalized spacial score (nSPS) is 23.0. The fraction of sp³-hybridized carbons (Fsp3) is 0.333. The fourth-order valence-electron chi connectivity index (χ4n) is 2.76. The van der Waals surface area contributed by atoms with Crippen molar-refractivity contribution < 1.29 is 16.8 Å². The zero-order valence-corrected chi connectivity index (χ0v) is 16.8. The number of sulfone groups is 2. The molecule has 1 aromatic heterocycles. The van der Waals surface area contributed by atoms with Gasteiger partial charge in [-0.2, -0.15) is 0 Å². The van der Waals surface area contributed by atoms with Crippen molar-refractivity contribution in [3.63, 3.8) is 0 Å². The van der Waals surface area contributed by atoms with E-state index in [-0.39, 0.29) is 15.7 Å². The van der Waals surface area contributed by atoms with Crippen molar-refractivity contribution in [1.29, 1.82) is 0 Å². The van der Waals surface area contributed by atoms with Gasteiger partial charge in [0.25, 0.3) is 0 Å². The SMILES string of the molecule is O=S1(=O)C[C@H](NCc2ccc(Cl)cc2)[C@@H](S(=O)(=O)c2ccc(Cl)s2)C1. The minimum absolute atomic E-state index is 0.0953. The summed E-state index contributed by atoms with van der Waals surface area (Å²) in [4.78, 5) is 0. The van der Waals surface area contributed by atoms with E-state index in [0.717, 1.165) is 16.9 Å². The minimum Gasteiger partial charge on any atom is -0.308 e.